The van der Waals surface area contributed by atoms with Crippen molar-refractivity contribution in [2.24, 2.45) is 0 Å². The van der Waals surface area contributed by atoms with Gasteiger partial charge in [-0.2, -0.15) is 0 Å². The molecule has 1 radical (unpaired) electrons. The van der Waals surface area contributed by atoms with Crippen molar-refractivity contribution in [2.45, 2.75) is 51.0 Å². The maximum Gasteiger partial charge on any atom is 0.00672 e. The van der Waals surface area contributed by atoms with Gasteiger partial charge in [-0.15, -0.1) is 0 Å². The van der Waals surface area contributed by atoms with Crippen molar-refractivity contribution >= 4 is 10.2 Å². The molecule has 1 heteroatoms. The maximum absolute atomic E-state index is 3.92. The Kier molecular flexibility index (Phi) is 7.48. The van der Waals surface area contributed by atoms with Gasteiger partial charge in [-0.1, -0.05) is 57.9 Å². The third-order valence-electron chi connectivity index (χ3n) is 2.04. The fourth-order valence-corrected chi connectivity index (χ4v) is 1.47. The molecule has 10 heavy (non-hydrogen) atoms. The lowest BCUT2D eigenvalue weighted by Gasteiger charge is -2.06. The first-order valence-electron chi connectivity index (χ1n) is 4.60. The second kappa shape index (κ2) is 7.33. The summed E-state index contributed by atoms with van der Waals surface area (Å²) in [5, 5.41) is 0. The molecule has 0 aliphatic carbocycles. The first-order valence-corrected chi connectivity index (χ1v) is 5.76. The monoisotopic (exact) mass is 157 g/mol. The van der Waals surface area contributed by atoms with E-state index in [0.29, 0.717) is 0 Å². The van der Waals surface area contributed by atoms with E-state index >= 15 is 0 Å². The molecule has 0 amide bonds. The minimum atomic E-state index is 0.983. The highest BCUT2D eigenvalue weighted by molar-refractivity contribution is 6.11. The molecular weight excluding hydrogens is 136 g/mol. The molecule has 0 aliphatic rings. The summed E-state index contributed by atoms with van der Waals surface area (Å²) in [5.41, 5.74) is 0.983. The minimum absolute atomic E-state index is 0.983. The Balaban J connectivity index is 2.89. The van der Waals surface area contributed by atoms with Crippen LogP contribution in [0.5, 0.6) is 0 Å². The fourth-order valence-electron chi connectivity index (χ4n) is 1.06. The van der Waals surface area contributed by atoms with Crippen molar-refractivity contribution in [1.29, 1.82) is 0 Å². The average Bonchev–Trinajstić information content (AvgIpc) is 1.98. The Labute approximate surface area is 68.8 Å². The van der Waals surface area contributed by atoms with Crippen molar-refractivity contribution in [3.8, 4) is 0 Å². The Bertz CT molecular complexity index is 61.7. The average molecular weight is 157 g/mol. The predicted molar refractivity (Wildman–Crippen MR) is 52.4 cm³/mol. The fraction of sp³-hybridized carbons (Fsp3) is 0.889. The van der Waals surface area contributed by atoms with E-state index in [4.69, 9.17) is 0 Å². The van der Waals surface area contributed by atoms with E-state index in [1.54, 1.807) is 0 Å². The molecule has 1 unspecified atom stereocenters. The molecule has 0 aliphatic heterocycles. The van der Waals surface area contributed by atoms with Crippen LogP contribution >= 0.6 is 0 Å². The molecule has 0 saturated carbocycles. The van der Waals surface area contributed by atoms with E-state index in [2.05, 4.69) is 13.8 Å². The lowest BCUT2D eigenvalue weighted by molar-refractivity contribution is 0.610. The van der Waals surface area contributed by atoms with Gasteiger partial charge in [0.15, 0.2) is 0 Å². The highest BCUT2D eigenvalue weighted by Gasteiger charge is 1.96. The lowest BCUT2D eigenvalue weighted by Crippen LogP contribution is -1.89. The molecule has 0 bridgehead atoms. The summed E-state index contributed by atoms with van der Waals surface area (Å²) in [6.07, 6.45) is 8.27. The zero-order chi connectivity index (χ0) is 7.82. The minimum Gasteiger partial charge on any atom is -0.0654 e. The number of hydrogen-bond donors (Lipinski definition) is 0. The van der Waals surface area contributed by atoms with Gasteiger partial charge in [0.2, 0.25) is 0 Å². The van der Waals surface area contributed by atoms with Gasteiger partial charge in [-0.25, -0.2) is 0 Å². The Morgan fingerprint density at radius 1 is 1.30 bits per heavy atom. The van der Waals surface area contributed by atoms with E-state index < -0.39 is 0 Å². The third kappa shape index (κ3) is 6.34. The largest absolute Gasteiger partial charge is 0.0654 e. The summed E-state index contributed by atoms with van der Waals surface area (Å²) in [4.78, 5) is 0. The van der Waals surface area contributed by atoms with Crippen LogP contribution in [0.1, 0.15) is 45.4 Å². The van der Waals surface area contributed by atoms with Gasteiger partial charge < -0.3 is 0 Å². The Morgan fingerprint density at radius 3 is 2.50 bits per heavy atom. The molecule has 0 nitrogen and oxygen atoms in total. The van der Waals surface area contributed by atoms with Gasteiger partial charge in [0.05, 0.1) is 0 Å². The second-order valence-electron chi connectivity index (χ2n) is 3.24. The number of hydrogen-bond acceptors (Lipinski definition) is 0. The highest BCUT2D eigenvalue weighted by atomic mass is 28.1. The van der Waals surface area contributed by atoms with Crippen LogP contribution in [-0.2, 0) is 0 Å². The quantitative estimate of drug-likeness (QED) is 0.410. The topological polar surface area (TPSA) is 0 Å². The number of unbranched alkanes of at least 4 members (excludes halogenated alkanes) is 3. The van der Waals surface area contributed by atoms with Crippen LogP contribution in [0.2, 0.25) is 5.54 Å². The van der Waals surface area contributed by atoms with Crippen LogP contribution in [0.4, 0.5) is 0 Å². The van der Waals surface area contributed by atoms with Crippen molar-refractivity contribution < 1.29 is 0 Å². The van der Waals surface area contributed by atoms with Crippen molar-refractivity contribution in [3.05, 3.63) is 6.92 Å². The normalized spacial score (nSPS) is 13.8. The summed E-state index contributed by atoms with van der Waals surface area (Å²) in [5.74, 6) is 0. The zero-order valence-corrected chi connectivity index (χ0v) is 9.53. The van der Waals surface area contributed by atoms with E-state index in [9.17, 15) is 0 Å². The molecule has 0 saturated heterocycles. The van der Waals surface area contributed by atoms with E-state index in [1.807, 2.05) is 0 Å². The molecule has 0 heterocycles. The summed E-state index contributed by atoms with van der Waals surface area (Å²) in [6.45, 7) is 6.18. The third-order valence-corrected chi connectivity index (χ3v) is 3.20. The van der Waals surface area contributed by atoms with Crippen LogP contribution in [-0.4, -0.2) is 10.2 Å². The molecule has 61 valence electrons. The van der Waals surface area contributed by atoms with Crippen molar-refractivity contribution in [3.63, 3.8) is 0 Å². The van der Waals surface area contributed by atoms with Gasteiger partial charge in [0, 0.05) is 10.2 Å². The molecule has 0 fully saturated rings. The zero-order valence-electron chi connectivity index (χ0n) is 7.53. The van der Waals surface area contributed by atoms with Crippen LogP contribution in [0.3, 0.4) is 0 Å². The van der Waals surface area contributed by atoms with Crippen LogP contribution in [0, 0.1) is 6.92 Å². The van der Waals surface area contributed by atoms with Gasteiger partial charge >= 0.3 is 0 Å². The molecule has 0 N–H and O–H groups in total. The summed E-state index contributed by atoms with van der Waals surface area (Å²) in [7, 11) is 1.35. The summed E-state index contributed by atoms with van der Waals surface area (Å²) in [6, 6.07) is 0. The van der Waals surface area contributed by atoms with Gasteiger partial charge in [-0.3, -0.25) is 0 Å². The second-order valence-corrected chi connectivity index (χ2v) is 4.88. The first kappa shape index (κ1) is 10.2. The van der Waals surface area contributed by atoms with Crippen molar-refractivity contribution in [1.82, 2.24) is 0 Å². The molecule has 0 aromatic carbocycles. The standard InChI is InChI=1S/C9H21Si/c1-3-5-6-7-8-9(10)4-2/h9H,2-8H2,1,10H3. The van der Waals surface area contributed by atoms with E-state index in [-0.39, 0.29) is 0 Å². The molecule has 0 rings (SSSR count). The van der Waals surface area contributed by atoms with Gasteiger partial charge in [-0.05, 0) is 0 Å². The predicted octanol–water partition coefficient (Wildman–Crippen LogP) is 2.33. The van der Waals surface area contributed by atoms with Crippen molar-refractivity contribution in [2.75, 3.05) is 0 Å². The molecule has 0 aromatic heterocycles. The molecule has 0 spiro atoms. The number of rotatable bonds is 6. The molecule has 1 atom stereocenters. The molecule has 0 aromatic rings. The van der Waals surface area contributed by atoms with E-state index in [0.717, 1.165) is 5.54 Å². The van der Waals surface area contributed by atoms with Gasteiger partial charge in [0.25, 0.3) is 0 Å². The smallest absolute Gasteiger partial charge is 0.00672 e. The van der Waals surface area contributed by atoms with E-state index in [1.165, 1.54) is 48.8 Å². The van der Waals surface area contributed by atoms with Crippen LogP contribution in [0.15, 0.2) is 0 Å². The highest BCUT2D eigenvalue weighted by Crippen LogP contribution is 2.14. The maximum atomic E-state index is 3.92. The van der Waals surface area contributed by atoms with Crippen LogP contribution in [0.25, 0.3) is 0 Å². The summed E-state index contributed by atoms with van der Waals surface area (Å²) >= 11 is 0. The Hall–Kier alpha value is 0.217. The van der Waals surface area contributed by atoms with Crippen LogP contribution < -0.4 is 0 Å². The summed E-state index contributed by atoms with van der Waals surface area (Å²) < 4.78 is 0. The lowest BCUT2D eigenvalue weighted by atomic mass is 10.1. The SMILES string of the molecule is [CH2]CC([SiH3])CCCCCC. The van der Waals surface area contributed by atoms with Gasteiger partial charge in [0.1, 0.15) is 0 Å². The Morgan fingerprint density at radius 2 is 2.00 bits per heavy atom. The molecular formula is C9H21Si. The first-order chi connectivity index (χ1) is 4.81.